The normalized spacial score (nSPS) is 21.7. The highest BCUT2D eigenvalue weighted by molar-refractivity contribution is 7.92. The Bertz CT molecular complexity index is 1120. The molecular weight excluding hydrogens is 412 g/mol. The Kier molecular flexibility index (Phi) is 5.50. The lowest BCUT2D eigenvalue weighted by Gasteiger charge is -2.38. The van der Waals surface area contributed by atoms with Gasteiger partial charge in [0.1, 0.15) is 11.4 Å². The summed E-state index contributed by atoms with van der Waals surface area (Å²) in [6.07, 6.45) is 2.15. The van der Waals surface area contributed by atoms with Crippen LogP contribution in [0.15, 0.2) is 36.4 Å². The summed E-state index contributed by atoms with van der Waals surface area (Å²) in [7, 11) is -3.34. The molecule has 2 aromatic carbocycles. The van der Waals surface area contributed by atoms with Crippen LogP contribution in [0.4, 0.5) is 5.69 Å². The molecule has 2 aliphatic heterocycles. The van der Waals surface area contributed by atoms with Crippen LogP contribution in [0.1, 0.15) is 66.2 Å². The Hall–Kier alpha value is -2.54. The molecule has 0 radical (unpaired) electrons. The Morgan fingerprint density at radius 3 is 2.65 bits per heavy atom. The van der Waals surface area contributed by atoms with E-state index in [1.165, 1.54) is 4.31 Å². The average molecular weight is 443 g/mol. The Balaban J connectivity index is 1.63. The van der Waals surface area contributed by atoms with Crippen LogP contribution in [0.25, 0.3) is 0 Å². The van der Waals surface area contributed by atoms with Gasteiger partial charge in [0.15, 0.2) is 0 Å². The molecule has 7 heteroatoms. The number of hydrogen-bond acceptors (Lipinski definition) is 4. The number of benzene rings is 2. The number of sulfonamides is 1. The quantitative estimate of drug-likeness (QED) is 0.770. The Morgan fingerprint density at radius 1 is 1.13 bits per heavy atom. The molecule has 2 aliphatic rings. The number of amides is 1. The smallest absolute Gasteiger partial charge is 0.251 e. The van der Waals surface area contributed by atoms with Crippen molar-refractivity contribution < 1.29 is 17.9 Å². The van der Waals surface area contributed by atoms with E-state index in [9.17, 15) is 13.2 Å². The van der Waals surface area contributed by atoms with Crippen LogP contribution >= 0.6 is 0 Å². The summed E-state index contributed by atoms with van der Waals surface area (Å²) in [5, 5.41) is 3.16. The first-order chi connectivity index (χ1) is 14.6. The zero-order valence-corrected chi connectivity index (χ0v) is 19.4. The summed E-state index contributed by atoms with van der Waals surface area (Å²) in [5.41, 5.74) is 3.57. The van der Waals surface area contributed by atoms with Gasteiger partial charge in [-0.25, -0.2) is 8.42 Å². The van der Waals surface area contributed by atoms with Gasteiger partial charge < -0.3 is 10.1 Å². The van der Waals surface area contributed by atoms with Gasteiger partial charge in [0.2, 0.25) is 10.0 Å². The van der Waals surface area contributed by atoms with Gasteiger partial charge >= 0.3 is 0 Å². The molecule has 0 aromatic heterocycles. The van der Waals surface area contributed by atoms with E-state index in [-0.39, 0.29) is 17.7 Å². The fraction of sp³-hybridized carbons (Fsp3) is 0.458. The first kappa shape index (κ1) is 21.7. The van der Waals surface area contributed by atoms with Crippen molar-refractivity contribution in [1.29, 1.82) is 0 Å². The second-order valence-electron chi connectivity index (χ2n) is 9.23. The van der Waals surface area contributed by atoms with E-state index in [0.717, 1.165) is 28.9 Å². The minimum Gasteiger partial charge on any atom is -0.487 e. The summed E-state index contributed by atoms with van der Waals surface area (Å²) in [6.45, 7) is 8.38. The molecule has 0 aliphatic carbocycles. The van der Waals surface area contributed by atoms with Gasteiger partial charge in [-0.05, 0) is 64.3 Å². The van der Waals surface area contributed by atoms with E-state index in [4.69, 9.17) is 4.74 Å². The number of rotatable bonds is 3. The molecule has 0 bridgehead atoms. The highest BCUT2D eigenvalue weighted by Gasteiger charge is 2.35. The SMILES string of the molecule is Cc1ccc2c(c1)[C@H](NC(=O)c1ccc(C)c(N3CCCCS3(=O)=O)c1)CC(C)(C)O2. The lowest BCUT2D eigenvalue weighted by Crippen LogP contribution is -2.41. The van der Waals surface area contributed by atoms with E-state index in [0.29, 0.717) is 30.6 Å². The fourth-order valence-corrected chi connectivity index (χ4v) is 6.12. The Labute approximate surface area is 184 Å². The third-order valence-corrected chi connectivity index (χ3v) is 7.87. The third-order valence-electron chi connectivity index (χ3n) is 6.02. The van der Waals surface area contributed by atoms with Crippen molar-refractivity contribution in [2.45, 2.75) is 58.6 Å². The van der Waals surface area contributed by atoms with Gasteiger partial charge in [-0.1, -0.05) is 23.8 Å². The molecule has 1 saturated heterocycles. The lowest BCUT2D eigenvalue weighted by molar-refractivity contribution is 0.0619. The van der Waals surface area contributed by atoms with E-state index >= 15 is 0 Å². The average Bonchev–Trinajstić information content (AvgIpc) is 2.68. The van der Waals surface area contributed by atoms with Crippen molar-refractivity contribution in [2.75, 3.05) is 16.6 Å². The predicted molar refractivity (Wildman–Crippen MR) is 122 cm³/mol. The number of ether oxygens (including phenoxy) is 1. The van der Waals surface area contributed by atoms with Crippen molar-refractivity contribution >= 4 is 21.6 Å². The third kappa shape index (κ3) is 4.42. The summed E-state index contributed by atoms with van der Waals surface area (Å²) in [5.74, 6) is 0.720. The molecule has 1 N–H and O–H groups in total. The standard InChI is InChI=1S/C24H30N2O4S/c1-16-7-10-22-19(13-16)20(15-24(3,4)30-22)25-23(27)18-9-8-17(2)21(14-18)26-11-5-6-12-31(26,28)29/h7-10,13-14,20H,5-6,11-12,15H2,1-4H3,(H,25,27)/t20-/m1/s1. The van der Waals surface area contributed by atoms with Crippen LogP contribution in [0, 0.1) is 13.8 Å². The van der Waals surface area contributed by atoms with Crippen LogP contribution < -0.4 is 14.4 Å². The highest BCUT2D eigenvalue weighted by Crippen LogP contribution is 2.40. The topological polar surface area (TPSA) is 75.7 Å². The van der Waals surface area contributed by atoms with Gasteiger partial charge in [-0.3, -0.25) is 9.10 Å². The van der Waals surface area contributed by atoms with Crippen molar-refractivity contribution in [1.82, 2.24) is 5.32 Å². The zero-order chi connectivity index (χ0) is 22.4. The van der Waals surface area contributed by atoms with Crippen molar-refractivity contribution in [3.63, 3.8) is 0 Å². The molecule has 166 valence electrons. The molecule has 0 spiro atoms. The number of carbonyl (C=O) groups excluding carboxylic acids is 1. The fourth-order valence-electron chi connectivity index (χ4n) is 4.42. The minimum atomic E-state index is -3.34. The summed E-state index contributed by atoms with van der Waals surface area (Å²) >= 11 is 0. The monoisotopic (exact) mass is 442 g/mol. The second kappa shape index (κ2) is 7.86. The van der Waals surface area contributed by atoms with E-state index in [1.54, 1.807) is 12.1 Å². The number of nitrogens with zero attached hydrogens (tertiary/aromatic N) is 1. The van der Waals surface area contributed by atoms with Crippen molar-refractivity contribution in [3.05, 3.63) is 58.7 Å². The lowest BCUT2D eigenvalue weighted by atomic mass is 9.88. The second-order valence-corrected chi connectivity index (χ2v) is 11.2. The van der Waals surface area contributed by atoms with Crippen molar-refractivity contribution in [3.8, 4) is 5.75 Å². The molecule has 1 atom stereocenters. The van der Waals surface area contributed by atoms with Crippen LogP contribution in [0.5, 0.6) is 5.75 Å². The van der Waals surface area contributed by atoms with Crippen LogP contribution in [-0.4, -0.2) is 32.2 Å². The molecule has 4 rings (SSSR count). The molecule has 0 saturated carbocycles. The van der Waals surface area contributed by atoms with E-state index in [1.807, 2.05) is 45.9 Å². The largest absolute Gasteiger partial charge is 0.487 e. The first-order valence-corrected chi connectivity index (χ1v) is 12.4. The number of aryl methyl sites for hydroxylation is 2. The molecule has 0 unspecified atom stereocenters. The van der Waals surface area contributed by atoms with Gasteiger partial charge in [-0.2, -0.15) is 0 Å². The highest BCUT2D eigenvalue weighted by atomic mass is 32.2. The van der Waals surface area contributed by atoms with E-state index < -0.39 is 15.6 Å². The maximum atomic E-state index is 13.2. The number of carbonyl (C=O) groups is 1. The molecule has 2 aromatic rings. The molecule has 6 nitrogen and oxygen atoms in total. The van der Waals surface area contributed by atoms with Gasteiger partial charge in [-0.15, -0.1) is 0 Å². The number of anilines is 1. The maximum absolute atomic E-state index is 13.2. The van der Waals surface area contributed by atoms with E-state index in [2.05, 4.69) is 11.4 Å². The van der Waals surface area contributed by atoms with Gasteiger partial charge in [0.05, 0.1) is 17.5 Å². The molecule has 1 amide bonds. The molecular formula is C24H30N2O4S. The number of hydrogen-bond donors (Lipinski definition) is 1. The van der Waals surface area contributed by atoms with Crippen LogP contribution in [0.2, 0.25) is 0 Å². The molecule has 31 heavy (non-hydrogen) atoms. The number of nitrogens with one attached hydrogen (secondary N) is 1. The zero-order valence-electron chi connectivity index (χ0n) is 18.6. The van der Waals surface area contributed by atoms with Gasteiger partial charge in [0.25, 0.3) is 5.91 Å². The predicted octanol–water partition coefficient (Wildman–Crippen LogP) is 4.27. The van der Waals surface area contributed by atoms with Crippen molar-refractivity contribution in [2.24, 2.45) is 0 Å². The first-order valence-electron chi connectivity index (χ1n) is 10.8. The van der Waals surface area contributed by atoms with Crippen LogP contribution in [0.3, 0.4) is 0 Å². The summed E-state index contributed by atoms with van der Waals surface area (Å²) in [4.78, 5) is 13.2. The molecule has 2 heterocycles. The summed E-state index contributed by atoms with van der Waals surface area (Å²) in [6, 6.07) is 11.1. The maximum Gasteiger partial charge on any atom is 0.251 e. The minimum absolute atomic E-state index is 0.149. The Morgan fingerprint density at radius 2 is 1.90 bits per heavy atom. The summed E-state index contributed by atoms with van der Waals surface area (Å²) < 4.78 is 32.7. The van der Waals surface area contributed by atoms with Gasteiger partial charge in [0, 0.05) is 24.1 Å². The van der Waals surface area contributed by atoms with Crippen LogP contribution in [-0.2, 0) is 10.0 Å². The number of fused-ring (bicyclic) bond motifs is 1. The molecule has 1 fully saturated rings.